The Morgan fingerprint density at radius 3 is 2.69 bits per heavy atom. The summed E-state index contributed by atoms with van der Waals surface area (Å²) in [6, 6.07) is 12.7. The molecule has 26 heavy (non-hydrogen) atoms. The van der Waals surface area contributed by atoms with Crippen molar-refractivity contribution < 1.29 is 13.9 Å². The molecule has 5 nitrogen and oxygen atoms in total. The number of carbonyl (C=O) groups is 1. The minimum Gasteiger partial charge on any atom is -0.497 e. The zero-order chi connectivity index (χ0) is 17.9. The third-order valence-electron chi connectivity index (χ3n) is 5.12. The maximum absolute atomic E-state index is 12.3. The van der Waals surface area contributed by atoms with Crippen LogP contribution in [0.5, 0.6) is 5.75 Å². The summed E-state index contributed by atoms with van der Waals surface area (Å²) >= 11 is 0. The number of methoxy groups -OCH3 is 1. The summed E-state index contributed by atoms with van der Waals surface area (Å²) in [6.07, 6.45) is 4.69. The molecule has 134 valence electrons. The van der Waals surface area contributed by atoms with Crippen molar-refractivity contribution in [2.45, 2.75) is 19.4 Å². The highest BCUT2D eigenvalue weighted by molar-refractivity contribution is 5.93. The van der Waals surface area contributed by atoms with Gasteiger partial charge in [-0.05, 0) is 60.5 Å². The molecular weight excluding hydrogens is 328 g/mol. The Kier molecular flexibility index (Phi) is 4.71. The first-order chi connectivity index (χ1) is 12.7. The third-order valence-corrected chi connectivity index (χ3v) is 5.12. The van der Waals surface area contributed by atoms with E-state index in [4.69, 9.17) is 9.15 Å². The Morgan fingerprint density at radius 2 is 1.96 bits per heavy atom. The molecule has 0 N–H and O–H groups in total. The van der Waals surface area contributed by atoms with Gasteiger partial charge in [-0.2, -0.15) is 0 Å². The molecule has 0 radical (unpaired) electrons. The van der Waals surface area contributed by atoms with Crippen LogP contribution < -0.4 is 4.74 Å². The molecular formula is C21H22N2O3. The molecule has 0 unspecified atom stereocenters. The van der Waals surface area contributed by atoms with Crippen molar-refractivity contribution in [1.29, 1.82) is 0 Å². The van der Waals surface area contributed by atoms with Gasteiger partial charge in [-0.3, -0.25) is 9.69 Å². The fourth-order valence-corrected chi connectivity index (χ4v) is 3.63. The minimum absolute atomic E-state index is 0.0222. The van der Waals surface area contributed by atoms with Crippen molar-refractivity contribution in [3.8, 4) is 5.75 Å². The molecule has 1 fully saturated rings. The fraction of sp³-hybridized carbons (Fsp3) is 0.333. The fourth-order valence-electron chi connectivity index (χ4n) is 3.63. The molecule has 2 aromatic carbocycles. The van der Waals surface area contributed by atoms with Crippen molar-refractivity contribution in [1.82, 2.24) is 9.88 Å². The number of hydrogen-bond donors (Lipinski definition) is 0. The number of nitrogens with zero attached hydrogens (tertiary/aromatic N) is 2. The number of Topliss-reactive ketones (excluding diaryl/α,β-unsaturated/α-hetero) is 1. The average molecular weight is 350 g/mol. The molecule has 0 spiro atoms. The highest BCUT2D eigenvalue weighted by Gasteiger charge is 2.28. The van der Waals surface area contributed by atoms with Gasteiger partial charge in [0.15, 0.2) is 0 Å². The molecule has 1 saturated heterocycles. The monoisotopic (exact) mass is 350 g/mol. The van der Waals surface area contributed by atoms with Gasteiger partial charge in [-0.1, -0.05) is 18.2 Å². The number of fused-ring (bicyclic) bond motifs is 1. The van der Waals surface area contributed by atoms with Crippen LogP contribution in [0.15, 0.2) is 53.3 Å². The summed E-state index contributed by atoms with van der Waals surface area (Å²) in [5, 5.41) is 2.40. The number of rotatable bonds is 5. The quantitative estimate of drug-likeness (QED) is 0.653. The van der Waals surface area contributed by atoms with E-state index in [0.717, 1.165) is 38.2 Å². The van der Waals surface area contributed by atoms with Gasteiger partial charge in [0.2, 0.25) is 5.78 Å². The molecule has 0 aliphatic carbocycles. The van der Waals surface area contributed by atoms with E-state index < -0.39 is 0 Å². The van der Waals surface area contributed by atoms with E-state index in [2.05, 4.69) is 40.2 Å². The van der Waals surface area contributed by atoms with Gasteiger partial charge >= 0.3 is 0 Å². The van der Waals surface area contributed by atoms with Crippen LogP contribution in [0.4, 0.5) is 0 Å². The van der Waals surface area contributed by atoms with E-state index in [-0.39, 0.29) is 17.6 Å². The highest BCUT2D eigenvalue weighted by Crippen LogP contribution is 2.25. The zero-order valence-corrected chi connectivity index (χ0v) is 14.9. The molecule has 1 aliphatic heterocycles. The summed E-state index contributed by atoms with van der Waals surface area (Å²) < 4.78 is 10.4. The van der Waals surface area contributed by atoms with E-state index in [1.165, 1.54) is 28.8 Å². The number of likely N-dealkylation sites (tertiary alicyclic amines) is 1. The van der Waals surface area contributed by atoms with Crippen molar-refractivity contribution in [2.24, 2.45) is 5.92 Å². The van der Waals surface area contributed by atoms with Crippen LogP contribution in [-0.2, 0) is 6.54 Å². The molecule has 1 aliphatic rings. The number of ether oxygens (including phenoxy) is 1. The van der Waals surface area contributed by atoms with Crippen LogP contribution in [-0.4, -0.2) is 35.9 Å². The lowest BCUT2D eigenvalue weighted by atomic mass is 9.92. The van der Waals surface area contributed by atoms with Crippen LogP contribution in [0.2, 0.25) is 0 Å². The second kappa shape index (κ2) is 7.30. The number of oxazole rings is 1. The lowest BCUT2D eigenvalue weighted by Gasteiger charge is -2.30. The summed E-state index contributed by atoms with van der Waals surface area (Å²) in [5.74, 6) is 1.18. The van der Waals surface area contributed by atoms with E-state index in [1.54, 1.807) is 7.11 Å². The van der Waals surface area contributed by atoms with Gasteiger partial charge in [0, 0.05) is 12.5 Å². The van der Waals surface area contributed by atoms with Crippen LogP contribution >= 0.6 is 0 Å². The second-order valence-corrected chi connectivity index (χ2v) is 6.80. The van der Waals surface area contributed by atoms with Gasteiger partial charge in [0.1, 0.15) is 12.0 Å². The summed E-state index contributed by atoms with van der Waals surface area (Å²) in [5.41, 5.74) is 1.29. The van der Waals surface area contributed by atoms with Crippen molar-refractivity contribution >= 4 is 16.6 Å². The molecule has 0 atom stereocenters. The first-order valence-electron chi connectivity index (χ1n) is 8.95. The van der Waals surface area contributed by atoms with Gasteiger partial charge in [0.05, 0.1) is 13.3 Å². The third kappa shape index (κ3) is 3.48. The van der Waals surface area contributed by atoms with Gasteiger partial charge in [0.25, 0.3) is 5.89 Å². The van der Waals surface area contributed by atoms with Crippen molar-refractivity contribution in [3.63, 3.8) is 0 Å². The molecule has 0 amide bonds. The first-order valence-corrected chi connectivity index (χ1v) is 8.95. The highest BCUT2D eigenvalue weighted by atomic mass is 16.5. The maximum Gasteiger partial charge on any atom is 0.263 e. The summed E-state index contributed by atoms with van der Waals surface area (Å²) in [7, 11) is 1.69. The Bertz CT molecular complexity index is 897. The Hall–Kier alpha value is -2.66. The lowest BCUT2D eigenvalue weighted by Crippen LogP contribution is -2.36. The number of hydrogen-bond acceptors (Lipinski definition) is 5. The van der Waals surface area contributed by atoms with Crippen LogP contribution in [0.3, 0.4) is 0 Å². The summed E-state index contributed by atoms with van der Waals surface area (Å²) in [4.78, 5) is 18.7. The number of aromatic nitrogens is 1. The standard InChI is InChI=1S/C21H22N2O3/c1-25-19-5-4-17-12-15(2-3-18(17)13-19)14-23-9-6-16(7-10-23)20(24)21-22-8-11-26-21/h2-5,8,11-13,16H,6-7,9-10,14H2,1H3. The first kappa shape index (κ1) is 16.8. The number of piperidine rings is 1. The van der Waals surface area contributed by atoms with E-state index >= 15 is 0 Å². The molecule has 1 aromatic heterocycles. The van der Waals surface area contributed by atoms with Gasteiger partial charge in [-0.15, -0.1) is 0 Å². The molecule has 3 aromatic rings. The van der Waals surface area contributed by atoms with Gasteiger partial charge < -0.3 is 9.15 Å². The Labute approximate surface area is 152 Å². The number of ketones is 1. The van der Waals surface area contributed by atoms with Gasteiger partial charge in [-0.25, -0.2) is 4.98 Å². The average Bonchev–Trinajstić information content (AvgIpc) is 3.22. The molecule has 5 heteroatoms. The normalized spacial score (nSPS) is 16.0. The van der Waals surface area contributed by atoms with E-state index in [9.17, 15) is 4.79 Å². The van der Waals surface area contributed by atoms with Crippen molar-refractivity contribution in [3.05, 3.63) is 60.3 Å². The smallest absolute Gasteiger partial charge is 0.263 e. The predicted octanol–water partition coefficient (Wildman–Crippen LogP) is 3.93. The molecule has 0 bridgehead atoms. The second-order valence-electron chi connectivity index (χ2n) is 6.80. The van der Waals surface area contributed by atoms with E-state index in [1.807, 2.05) is 6.07 Å². The SMILES string of the molecule is COc1ccc2cc(CN3CCC(C(=O)c4ncco4)CC3)ccc2c1. The number of carbonyl (C=O) groups excluding carboxylic acids is 1. The van der Waals surface area contributed by atoms with Crippen molar-refractivity contribution in [2.75, 3.05) is 20.2 Å². The van der Waals surface area contributed by atoms with Crippen LogP contribution in [0, 0.1) is 5.92 Å². The predicted molar refractivity (Wildman–Crippen MR) is 99.3 cm³/mol. The number of benzene rings is 2. The minimum atomic E-state index is 0.0222. The Balaban J connectivity index is 1.38. The lowest BCUT2D eigenvalue weighted by molar-refractivity contribution is 0.0799. The van der Waals surface area contributed by atoms with Crippen LogP contribution in [0.1, 0.15) is 29.1 Å². The summed E-state index contributed by atoms with van der Waals surface area (Å²) in [6.45, 7) is 2.73. The van der Waals surface area contributed by atoms with Crippen LogP contribution in [0.25, 0.3) is 10.8 Å². The van der Waals surface area contributed by atoms with E-state index in [0.29, 0.717) is 0 Å². The maximum atomic E-state index is 12.3. The largest absolute Gasteiger partial charge is 0.497 e. The molecule has 0 saturated carbocycles. The zero-order valence-electron chi connectivity index (χ0n) is 14.9. The molecule has 2 heterocycles. The topological polar surface area (TPSA) is 55.6 Å². The Morgan fingerprint density at radius 1 is 1.19 bits per heavy atom. The molecule has 4 rings (SSSR count).